The first-order chi connectivity index (χ1) is 14.0. The number of benzene rings is 1. The molecule has 0 amide bonds. The summed E-state index contributed by atoms with van der Waals surface area (Å²) in [5.74, 6) is -0.367. The average molecular weight is 400 g/mol. The van der Waals surface area contributed by atoms with Gasteiger partial charge in [0, 0.05) is 25.0 Å². The molecule has 1 aliphatic carbocycles. The van der Waals surface area contributed by atoms with Gasteiger partial charge in [0.2, 0.25) is 5.88 Å². The highest BCUT2D eigenvalue weighted by atomic mass is 19.1. The van der Waals surface area contributed by atoms with E-state index in [1.54, 1.807) is 12.1 Å². The van der Waals surface area contributed by atoms with E-state index in [0.29, 0.717) is 17.0 Å². The van der Waals surface area contributed by atoms with Crippen LogP contribution in [0.25, 0.3) is 0 Å². The average Bonchev–Trinajstić information content (AvgIpc) is 3.49. The van der Waals surface area contributed by atoms with Gasteiger partial charge in [0.1, 0.15) is 23.2 Å². The van der Waals surface area contributed by atoms with E-state index in [2.05, 4.69) is 15.0 Å². The van der Waals surface area contributed by atoms with E-state index >= 15 is 0 Å². The van der Waals surface area contributed by atoms with Crippen molar-refractivity contribution in [3.63, 3.8) is 0 Å². The van der Waals surface area contributed by atoms with Crippen LogP contribution in [0.3, 0.4) is 0 Å². The fraction of sp³-hybridized carbons (Fsp3) is 0.400. The van der Waals surface area contributed by atoms with Gasteiger partial charge in [-0.25, -0.2) is 19.4 Å². The Balaban J connectivity index is 1.65. The molecule has 152 valence electrons. The number of rotatable bonds is 7. The van der Waals surface area contributed by atoms with E-state index in [1.807, 2.05) is 0 Å². The van der Waals surface area contributed by atoms with Crippen LogP contribution in [0.15, 0.2) is 35.6 Å². The van der Waals surface area contributed by atoms with E-state index in [-0.39, 0.29) is 42.5 Å². The number of fused-ring (bicyclic) bond motifs is 1. The van der Waals surface area contributed by atoms with Crippen LogP contribution >= 0.6 is 0 Å². The summed E-state index contributed by atoms with van der Waals surface area (Å²) < 4.78 is 30.6. The highest BCUT2D eigenvalue weighted by Gasteiger charge is 2.59. The van der Waals surface area contributed by atoms with Crippen molar-refractivity contribution in [2.75, 3.05) is 20.8 Å². The molecule has 2 N–H and O–H groups in total. The number of carbonyl (C=O) groups is 1. The lowest BCUT2D eigenvalue weighted by molar-refractivity contribution is 0.0896. The lowest BCUT2D eigenvalue weighted by Crippen LogP contribution is -2.41. The van der Waals surface area contributed by atoms with E-state index in [4.69, 9.17) is 19.9 Å². The van der Waals surface area contributed by atoms with Crippen molar-refractivity contribution in [2.45, 2.75) is 24.5 Å². The van der Waals surface area contributed by atoms with Crippen LogP contribution in [-0.4, -0.2) is 48.7 Å². The molecule has 2 heterocycles. The number of carbonyl (C=O) groups excluding carboxylic acids is 1. The summed E-state index contributed by atoms with van der Waals surface area (Å²) in [4.78, 5) is 25.1. The molecule has 2 aliphatic rings. The van der Waals surface area contributed by atoms with Gasteiger partial charge in [-0.3, -0.25) is 4.79 Å². The van der Waals surface area contributed by atoms with Crippen LogP contribution in [0.1, 0.15) is 28.0 Å². The monoisotopic (exact) mass is 400 g/mol. The van der Waals surface area contributed by atoms with Crippen molar-refractivity contribution < 1.29 is 23.4 Å². The Morgan fingerprint density at radius 1 is 1.34 bits per heavy atom. The molecule has 0 saturated heterocycles. The maximum atomic E-state index is 14.9. The molecule has 9 heteroatoms. The van der Waals surface area contributed by atoms with Crippen molar-refractivity contribution in [1.82, 2.24) is 9.97 Å². The molecule has 3 atom stereocenters. The molecular weight excluding hydrogens is 379 g/mol. The topological polar surface area (TPSA) is 109 Å². The number of amidine groups is 1. The molecule has 1 saturated carbocycles. The fourth-order valence-corrected chi connectivity index (χ4v) is 3.82. The Kier molecular flexibility index (Phi) is 4.91. The molecule has 2 aromatic rings. The molecule has 0 radical (unpaired) electrons. The summed E-state index contributed by atoms with van der Waals surface area (Å²) in [5, 5.41) is 0. The van der Waals surface area contributed by atoms with E-state index < -0.39 is 11.4 Å². The quantitative estimate of drug-likeness (QED) is 0.704. The predicted octanol–water partition coefficient (Wildman–Crippen LogP) is 1.62. The summed E-state index contributed by atoms with van der Waals surface area (Å²) in [7, 11) is 3.01. The zero-order valence-corrected chi connectivity index (χ0v) is 16.1. The summed E-state index contributed by atoms with van der Waals surface area (Å²) in [6.07, 6.45) is 3.40. The molecule has 0 spiro atoms. The van der Waals surface area contributed by atoms with Gasteiger partial charge < -0.3 is 19.9 Å². The number of hydrogen-bond donors (Lipinski definition) is 1. The summed E-state index contributed by atoms with van der Waals surface area (Å²) in [6, 6.07) is 4.59. The fourth-order valence-electron chi connectivity index (χ4n) is 3.82. The van der Waals surface area contributed by atoms with Crippen molar-refractivity contribution in [2.24, 2.45) is 16.6 Å². The normalized spacial score (nSPS) is 24.9. The second-order valence-corrected chi connectivity index (χ2v) is 7.16. The molecule has 0 unspecified atom stereocenters. The predicted molar refractivity (Wildman–Crippen MR) is 101 cm³/mol. The summed E-state index contributed by atoms with van der Waals surface area (Å²) in [6.45, 7) is 0.163. The Morgan fingerprint density at radius 2 is 2.17 bits per heavy atom. The molecule has 1 aliphatic heterocycles. The number of nitrogens with zero attached hydrogens (tertiary/aromatic N) is 3. The standard InChI is InChI=1S/C20H21FN4O4/c1-27-10-20(13-7-17(13)29-19(22)25-20)12-5-11(3-4-14(12)21)6-16(26)15-8-24-18(28-2)9-23-15/h3-5,8-9,13,17H,6-7,10H2,1-2H3,(H2,22,25)/t13-,17+,20+/m0/s1. The lowest BCUT2D eigenvalue weighted by atomic mass is 9.84. The van der Waals surface area contributed by atoms with Gasteiger partial charge in [0.05, 0.1) is 26.1 Å². The van der Waals surface area contributed by atoms with Crippen LogP contribution < -0.4 is 10.5 Å². The minimum absolute atomic E-state index is 0.0233. The third-order valence-electron chi connectivity index (χ3n) is 5.28. The molecule has 0 bridgehead atoms. The number of ether oxygens (including phenoxy) is 3. The minimum atomic E-state index is -0.967. The summed E-state index contributed by atoms with van der Waals surface area (Å²) in [5.41, 5.74) is 6.06. The Morgan fingerprint density at radius 3 is 2.86 bits per heavy atom. The van der Waals surface area contributed by atoms with Crippen LogP contribution in [-0.2, 0) is 21.4 Å². The van der Waals surface area contributed by atoms with Crippen LogP contribution in [0.2, 0.25) is 0 Å². The van der Waals surface area contributed by atoms with Crippen LogP contribution in [0.5, 0.6) is 5.88 Å². The van der Waals surface area contributed by atoms with Gasteiger partial charge >= 0.3 is 0 Å². The molecule has 29 heavy (non-hydrogen) atoms. The molecule has 8 nitrogen and oxygen atoms in total. The maximum absolute atomic E-state index is 14.9. The van der Waals surface area contributed by atoms with E-state index in [0.717, 1.165) is 6.42 Å². The molecule has 1 aromatic carbocycles. The van der Waals surface area contributed by atoms with Gasteiger partial charge in [-0.2, -0.15) is 0 Å². The van der Waals surface area contributed by atoms with Crippen LogP contribution in [0, 0.1) is 11.7 Å². The largest absolute Gasteiger partial charge is 0.480 e. The number of aromatic nitrogens is 2. The first-order valence-corrected chi connectivity index (χ1v) is 9.16. The molecule has 1 aromatic heterocycles. The zero-order valence-electron chi connectivity index (χ0n) is 16.1. The van der Waals surface area contributed by atoms with Crippen molar-refractivity contribution >= 4 is 11.8 Å². The Hall–Kier alpha value is -3.07. The zero-order chi connectivity index (χ0) is 20.6. The van der Waals surface area contributed by atoms with Gasteiger partial charge in [0.25, 0.3) is 6.02 Å². The van der Waals surface area contributed by atoms with Gasteiger partial charge in [-0.05, 0) is 24.1 Å². The molecule has 4 rings (SSSR count). The second kappa shape index (κ2) is 7.40. The number of Topliss-reactive ketones (excluding diaryl/α,β-unsaturated/α-hetero) is 1. The first-order valence-electron chi connectivity index (χ1n) is 9.16. The number of aliphatic imine (C=N–C) groups is 1. The minimum Gasteiger partial charge on any atom is -0.480 e. The number of halogens is 1. The van der Waals surface area contributed by atoms with Crippen molar-refractivity contribution in [3.05, 3.63) is 53.2 Å². The summed E-state index contributed by atoms with van der Waals surface area (Å²) >= 11 is 0. The molecular formula is C20H21FN4O4. The lowest BCUT2D eigenvalue weighted by Gasteiger charge is -2.33. The Labute approximate surface area is 166 Å². The van der Waals surface area contributed by atoms with Gasteiger partial charge in [-0.1, -0.05) is 6.07 Å². The van der Waals surface area contributed by atoms with E-state index in [1.165, 1.54) is 32.7 Å². The highest BCUT2D eigenvalue weighted by molar-refractivity contribution is 5.95. The highest BCUT2D eigenvalue weighted by Crippen LogP contribution is 2.53. The maximum Gasteiger partial charge on any atom is 0.283 e. The number of hydrogen-bond acceptors (Lipinski definition) is 8. The van der Waals surface area contributed by atoms with Crippen molar-refractivity contribution in [3.8, 4) is 5.88 Å². The van der Waals surface area contributed by atoms with E-state index in [9.17, 15) is 9.18 Å². The number of nitrogens with two attached hydrogens (primary N) is 1. The third-order valence-corrected chi connectivity index (χ3v) is 5.28. The van der Waals surface area contributed by atoms with Gasteiger partial charge in [0.15, 0.2) is 5.78 Å². The number of ketones is 1. The van der Waals surface area contributed by atoms with Crippen LogP contribution in [0.4, 0.5) is 4.39 Å². The third kappa shape index (κ3) is 3.53. The number of methoxy groups -OCH3 is 2. The van der Waals surface area contributed by atoms with Crippen molar-refractivity contribution in [1.29, 1.82) is 0 Å². The Bertz CT molecular complexity index is 965. The van der Waals surface area contributed by atoms with Gasteiger partial charge in [-0.15, -0.1) is 0 Å². The molecule has 1 fully saturated rings. The second-order valence-electron chi connectivity index (χ2n) is 7.16. The smallest absolute Gasteiger partial charge is 0.283 e. The first kappa shape index (κ1) is 19.3. The SMILES string of the molecule is COC[C@]1(c2cc(CC(=O)c3cnc(OC)cn3)ccc2F)N=C(N)O[C@@H]2C[C@@H]21.